The van der Waals surface area contributed by atoms with E-state index in [4.69, 9.17) is 24.3 Å². The van der Waals surface area contributed by atoms with Crippen LogP contribution in [0.1, 0.15) is 37.8 Å². The topological polar surface area (TPSA) is 89.4 Å². The smallest absolute Gasteiger partial charge is 0.251 e. The van der Waals surface area contributed by atoms with Gasteiger partial charge in [-0.1, -0.05) is 30.3 Å². The van der Waals surface area contributed by atoms with E-state index >= 15 is 0 Å². The Kier molecular flexibility index (Phi) is 9.27. The Morgan fingerprint density at radius 3 is 2.58 bits per heavy atom. The van der Waals surface area contributed by atoms with Crippen LogP contribution in [0.15, 0.2) is 59.6 Å². The number of aliphatic hydroxyl groups excluding tert-OH is 1. The Morgan fingerprint density at radius 1 is 1.12 bits per heavy atom. The highest BCUT2D eigenvalue weighted by atomic mass is 16.5. The van der Waals surface area contributed by atoms with Crippen LogP contribution in [0.5, 0.6) is 5.75 Å². The van der Waals surface area contributed by atoms with Gasteiger partial charge in [-0.05, 0) is 50.1 Å². The highest BCUT2D eigenvalue weighted by Gasteiger charge is 2.44. The van der Waals surface area contributed by atoms with Gasteiger partial charge in [0, 0.05) is 38.2 Å². The Morgan fingerprint density at radius 2 is 1.88 bits per heavy atom. The molecule has 1 aliphatic rings. The molecule has 0 saturated carbocycles. The molecule has 0 radical (unpaired) electrons. The number of ether oxygens (including phenoxy) is 3. The van der Waals surface area contributed by atoms with Crippen molar-refractivity contribution in [2.24, 2.45) is 4.99 Å². The van der Waals surface area contributed by atoms with Crippen molar-refractivity contribution in [3.63, 3.8) is 0 Å². The molecule has 0 aliphatic carbocycles. The molecule has 2 aromatic carbocycles. The lowest BCUT2D eigenvalue weighted by atomic mass is 9.91. The van der Waals surface area contributed by atoms with Gasteiger partial charge in [0.05, 0.1) is 12.7 Å². The van der Waals surface area contributed by atoms with Crippen LogP contribution < -0.4 is 10.1 Å². The predicted molar refractivity (Wildman–Crippen MR) is 128 cm³/mol. The number of carbonyl (C=O) groups excluding carboxylic acids is 1. The van der Waals surface area contributed by atoms with E-state index in [1.54, 1.807) is 0 Å². The summed E-state index contributed by atoms with van der Waals surface area (Å²) in [7, 11) is 0. The molecule has 33 heavy (non-hydrogen) atoms. The molecule has 0 saturated heterocycles. The molecule has 3 rings (SSSR count). The van der Waals surface area contributed by atoms with Crippen LogP contribution in [0.25, 0.3) is 0 Å². The van der Waals surface area contributed by atoms with Crippen molar-refractivity contribution < 1.29 is 24.1 Å². The standard InChI is InChI=1S/C26H34N2O5/c1-20(2)31-16-6-14-27-25(30)26(18-21-8-4-3-5-9-21)19-33-24(28-26)22-10-12-23(13-11-22)32-17-7-15-29/h3-5,8-13,20,29H,6-7,14-19H2,1-2H3,(H,27,30)/t26-/m1/s1. The van der Waals surface area contributed by atoms with E-state index in [-0.39, 0.29) is 25.2 Å². The number of aliphatic imine (C=N–C) groups is 1. The van der Waals surface area contributed by atoms with Crippen LogP contribution in [0, 0.1) is 0 Å². The fourth-order valence-corrected chi connectivity index (χ4v) is 3.52. The first kappa shape index (κ1) is 24.7. The van der Waals surface area contributed by atoms with Gasteiger partial charge < -0.3 is 24.6 Å². The molecule has 7 nitrogen and oxygen atoms in total. The second-order valence-corrected chi connectivity index (χ2v) is 8.38. The third kappa shape index (κ3) is 7.30. The third-order valence-corrected chi connectivity index (χ3v) is 5.26. The monoisotopic (exact) mass is 454 g/mol. The number of hydrogen-bond donors (Lipinski definition) is 2. The van der Waals surface area contributed by atoms with Crippen molar-refractivity contribution in [3.05, 3.63) is 65.7 Å². The minimum Gasteiger partial charge on any atom is -0.494 e. The minimum atomic E-state index is -1.02. The zero-order valence-electron chi connectivity index (χ0n) is 19.5. The second-order valence-electron chi connectivity index (χ2n) is 8.38. The van der Waals surface area contributed by atoms with Gasteiger partial charge in [-0.2, -0.15) is 0 Å². The summed E-state index contributed by atoms with van der Waals surface area (Å²) in [5.41, 5.74) is 0.793. The molecular formula is C26H34N2O5. The fourth-order valence-electron chi connectivity index (χ4n) is 3.52. The number of rotatable bonds is 13. The summed E-state index contributed by atoms with van der Waals surface area (Å²) in [4.78, 5) is 18.1. The first-order valence-electron chi connectivity index (χ1n) is 11.5. The summed E-state index contributed by atoms with van der Waals surface area (Å²) in [6.45, 7) is 5.84. The average Bonchev–Trinajstić information content (AvgIpc) is 3.25. The van der Waals surface area contributed by atoms with Crippen molar-refractivity contribution in [3.8, 4) is 5.75 Å². The first-order valence-corrected chi connectivity index (χ1v) is 11.5. The van der Waals surface area contributed by atoms with Crippen LogP contribution >= 0.6 is 0 Å². The van der Waals surface area contributed by atoms with E-state index in [0.29, 0.717) is 44.2 Å². The fraction of sp³-hybridized carbons (Fsp3) is 0.462. The molecule has 0 unspecified atom stereocenters. The number of nitrogens with zero attached hydrogens (tertiary/aromatic N) is 1. The average molecular weight is 455 g/mol. The van der Waals surface area contributed by atoms with Gasteiger partial charge in [0.25, 0.3) is 5.91 Å². The van der Waals surface area contributed by atoms with Crippen molar-refractivity contribution in [2.45, 2.75) is 44.8 Å². The number of aliphatic hydroxyl groups is 1. The highest BCUT2D eigenvalue weighted by molar-refractivity contribution is 6.00. The molecule has 0 spiro atoms. The van der Waals surface area contributed by atoms with Crippen LogP contribution in [0.2, 0.25) is 0 Å². The molecule has 178 valence electrons. The quantitative estimate of drug-likeness (QED) is 0.454. The molecule has 0 bridgehead atoms. The highest BCUT2D eigenvalue weighted by Crippen LogP contribution is 2.27. The van der Waals surface area contributed by atoms with E-state index in [1.165, 1.54) is 0 Å². The van der Waals surface area contributed by atoms with E-state index in [0.717, 1.165) is 17.5 Å². The number of nitrogens with one attached hydrogen (secondary N) is 1. The van der Waals surface area contributed by atoms with Crippen molar-refractivity contribution in [1.82, 2.24) is 5.32 Å². The predicted octanol–water partition coefficient (Wildman–Crippen LogP) is 3.14. The largest absolute Gasteiger partial charge is 0.494 e. The van der Waals surface area contributed by atoms with Gasteiger partial charge in [0.1, 0.15) is 12.4 Å². The van der Waals surface area contributed by atoms with Gasteiger partial charge in [0.2, 0.25) is 5.90 Å². The molecule has 0 aromatic heterocycles. The third-order valence-electron chi connectivity index (χ3n) is 5.26. The van der Waals surface area contributed by atoms with E-state index in [2.05, 4.69) is 5.32 Å². The summed E-state index contributed by atoms with van der Waals surface area (Å²) in [5.74, 6) is 1.02. The zero-order valence-corrected chi connectivity index (χ0v) is 19.5. The van der Waals surface area contributed by atoms with Gasteiger partial charge in [-0.3, -0.25) is 4.79 Å². The molecule has 1 amide bonds. The maximum atomic E-state index is 13.3. The lowest BCUT2D eigenvalue weighted by Crippen LogP contribution is -2.48. The van der Waals surface area contributed by atoms with E-state index in [1.807, 2.05) is 68.4 Å². The van der Waals surface area contributed by atoms with Gasteiger partial charge in [-0.15, -0.1) is 0 Å². The van der Waals surface area contributed by atoms with Crippen LogP contribution in [-0.2, 0) is 20.7 Å². The minimum absolute atomic E-state index is 0.0963. The maximum Gasteiger partial charge on any atom is 0.251 e. The normalized spacial score (nSPS) is 17.5. The number of amides is 1. The molecule has 2 aromatic rings. The Labute approximate surface area is 195 Å². The molecular weight excluding hydrogens is 420 g/mol. The molecule has 7 heteroatoms. The Balaban J connectivity index is 1.72. The summed E-state index contributed by atoms with van der Waals surface area (Å²) < 4.78 is 17.1. The SMILES string of the molecule is CC(C)OCCCNC(=O)[C@@]1(Cc2ccccc2)COC(c2ccc(OCCCO)cc2)=N1. The van der Waals surface area contributed by atoms with Crippen molar-refractivity contribution in [1.29, 1.82) is 0 Å². The van der Waals surface area contributed by atoms with E-state index < -0.39 is 5.54 Å². The Hall–Kier alpha value is -2.90. The second kappa shape index (κ2) is 12.4. The summed E-state index contributed by atoms with van der Waals surface area (Å²) >= 11 is 0. The number of hydrogen-bond acceptors (Lipinski definition) is 6. The van der Waals surface area contributed by atoms with Crippen LogP contribution in [0.3, 0.4) is 0 Å². The van der Waals surface area contributed by atoms with Gasteiger partial charge in [-0.25, -0.2) is 4.99 Å². The molecule has 1 atom stereocenters. The number of benzene rings is 2. The summed E-state index contributed by atoms with van der Waals surface area (Å²) in [6.07, 6.45) is 1.94. The lowest BCUT2D eigenvalue weighted by molar-refractivity contribution is -0.126. The molecule has 1 heterocycles. The molecule has 0 fully saturated rings. The van der Waals surface area contributed by atoms with Crippen LogP contribution in [0.4, 0.5) is 0 Å². The van der Waals surface area contributed by atoms with Crippen molar-refractivity contribution in [2.75, 3.05) is 33.0 Å². The first-order chi connectivity index (χ1) is 16.0. The van der Waals surface area contributed by atoms with Crippen molar-refractivity contribution >= 4 is 11.8 Å². The Bertz CT molecular complexity index is 899. The van der Waals surface area contributed by atoms with Gasteiger partial charge >= 0.3 is 0 Å². The summed E-state index contributed by atoms with van der Waals surface area (Å²) in [5, 5.41) is 11.9. The molecule has 2 N–H and O–H groups in total. The zero-order chi connectivity index (χ0) is 23.5. The van der Waals surface area contributed by atoms with E-state index in [9.17, 15) is 4.79 Å². The van der Waals surface area contributed by atoms with Gasteiger partial charge in [0.15, 0.2) is 5.54 Å². The maximum absolute atomic E-state index is 13.3. The van der Waals surface area contributed by atoms with Crippen LogP contribution in [-0.4, -0.2) is 61.5 Å². The number of carbonyl (C=O) groups is 1. The molecule has 1 aliphatic heterocycles. The summed E-state index contributed by atoms with van der Waals surface area (Å²) in [6, 6.07) is 17.3. The lowest BCUT2D eigenvalue weighted by Gasteiger charge is -2.23.